The van der Waals surface area contributed by atoms with E-state index in [1.165, 1.54) is 25.0 Å². The summed E-state index contributed by atoms with van der Waals surface area (Å²) in [5.74, 6) is -0.0830. The van der Waals surface area contributed by atoms with Gasteiger partial charge in [0, 0.05) is 32.0 Å². The van der Waals surface area contributed by atoms with Crippen LogP contribution >= 0.6 is 0 Å². The summed E-state index contributed by atoms with van der Waals surface area (Å²) in [6, 6.07) is 9.76. The molecule has 2 aliphatic rings. The summed E-state index contributed by atoms with van der Waals surface area (Å²) in [4.78, 5) is 30.7. The van der Waals surface area contributed by atoms with Gasteiger partial charge in [0.1, 0.15) is 11.4 Å². The lowest BCUT2D eigenvalue weighted by atomic mass is 9.96. The molecule has 1 aromatic carbocycles. The van der Waals surface area contributed by atoms with Crippen LogP contribution in [0.3, 0.4) is 0 Å². The van der Waals surface area contributed by atoms with Crippen LogP contribution in [0, 0.1) is 11.7 Å². The molecule has 190 valence electrons. The van der Waals surface area contributed by atoms with Gasteiger partial charge in [0.25, 0.3) is 5.91 Å². The second-order valence-electron chi connectivity index (χ2n) is 9.64. The van der Waals surface area contributed by atoms with Crippen LogP contribution in [0.25, 0.3) is 11.5 Å². The van der Waals surface area contributed by atoms with Gasteiger partial charge in [-0.15, -0.1) is 0 Å². The van der Waals surface area contributed by atoms with Crippen LogP contribution < -0.4 is 5.32 Å². The Kier molecular flexibility index (Phi) is 7.46. The Morgan fingerprint density at radius 3 is 2.53 bits per heavy atom. The maximum absolute atomic E-state index is 13.7. The molecule has 2 fully saturated rings. The van der Waals surface area contributed by atoms with Crippen LogP contribution in [0.5, 0.6) is 0 Å². The highest BCUT2D eigenvalue weighted by atomic mass is 19.1. The Morgan fingerprint density at radius 2 is 1.78 bits per heavy atom. The molecule has 2 aromatic heterocycles. The van der Waals surface area contributed by atoms with Gasteiger partial charge in [-0.2, -0.15) is 5.10 Å². The highest BCUT2D eigenvalue weighted by Crippen LogP contribution is 2.24. The molecule has 8 nitrogen and oxygen atoms in total. The van der Waals surface area contributed by atoms with E-state index in [1.807, 2.05) is 29.1 Å². The third-order valence-electron chi connectivity index (χ3n) is 7.12. The number of nitrogens with zero attached hydrogens (tertiary/aromatic N) is 5. The summed E-state index contributed by atoms with van der Waals surface area (Å²) in [6.45, 7) is 5.01. The second kappa shape index (κ2) is 11.1. The topological polar surface area (TPSA) is 75.4 Å². The lowest BCUT2D eigenvalue weighted by Gasteiger charge is -2.32. The monoisotopic (exact) mass is 492 g/mol. The predicted octanol–water partition coefficient (Wildman–Crippen LogP) is 3.26. The van der Waals surface area contributed by atoms with Crippen LogP contribution in [0.15, 0.2) is 55.0 Å². The van der Waals surface area contributed by atoms with Gasteiger partial charge in [-0.3, -0.25) is 9.59 Å². The van der Waals surface area contributed by atoms with Gasteiger partial charge in [0.15, 0.2) is 5.82 Å². The fourth-order valence-corrected chi connectivity index (χ4v) is 5.20. The number of halogens is 1. The maximum Gasteiger partial charge on any atom is 0.259 e. The minimum absolute atomic E-state index is 0.0292. The van der Waals surface area contributed by atoms with Crippen LogP contribution in [0.2, 0.25) is 0 Å². The van der Waals surface area contributed by atoms with E-state index >= 15 is 0 Å². The number of hydrogen-bond donors (Lipinski definition) is 1. The standard InChI is InChI=1S/C27H33FN6O2/c28-22-8-10-23(11-9-22)34-26(32-16-3-4-17-32)24(19-30-34)27(36)33-18-5-7-21(20-33)25(35)29-12-6-15-31-13-1-2-14-31/h3-4,8-11,16-17,19,21H,1-2,5-7,12-15,18,20H2,(H,29,35)/t21-/m0/s1. The quantitative estimate of drug-likeness (QED) is 0.490. The molecule has 2 aliphatic heterocycles. The molecule has 0 radical (unpaired) electrons. The minimum Gasteiger partial charge on any atom is -0.356 e. The Balaban J connectivity index is 1.27. The SMILES string of the molecule is O=C(NCCCN1CCCC1)[C@H]1CCCN(C(=O)c2cnn(-c3ccc(F)cc3)c2-n2cccc2)C1. The zero-order chi connectivity index (χ0) is 24.9. The summed E-state index contributed by atoms with van der Waals surface area (Å²) in [5.41, 5.74) is 1.10. The molecule has 0 bridgehead atoms. The first-order chi connectivity index (χ1) is 17.6. The van der Waals surface area contributed by atoms with E-state index in [4.69, 9.17) is 0 Å². The van der Waals surface area contributed by atoms with Crippen LogP contribution in [0.4, 0.5) is 4.39 Å². The average Bonchev–Trinajstić information content (AvgIpc) is 3.68. The fourth-order valence-electron chi connectivity index (χ4n) is 5.20. The van der Waals surface area contributed by atoms with Gasteiger partial charge >= 0.3 is 0 Å². The van der Waals surface area contributed by atoms with Gasteiger partial charge in [-0.25, -0.2) is 9.07 Å². The molecule has 0 saturated carbocycles. The van der Waals surface area contributed by atoms with E-state index in [9.17, 15) is 14.0 Å². The molecule has 2 amide bonds. The smallest absolute Gasteiger partial charge is 0.259 e. The number of piperidine rings is 1. The van der Waals surface area contributed by atoms with Gasteiger partial charge in [-0.1, -0.05) is 0 Å². The number of amides is 2. The zero-order valence-corrected chi connectivity index (χ0v) is 20.5. The van der Waals surface area contributed by atoms with Crippen molar-refractivity contribution in [2.24, 2.45) is 5.92 Å². The predicted molar refractivity (Wildman–Crippen MR) is 135 cm³/mol. The van der Waals surface area contributed by atoms with E-state index in [0.717, 1.165) is 38.9 Å². The van der Waals surface area contributed by atoms with E-state index in [-0.39, 0.29) is 23.5 Å². The first-order valence-corrected chi connectivity index (χ1v) is 12.9. The van der Waals surface area contributed by atoms with Crippen molar-refractivity contribution in [3.63, 3.8) is 0 Å². The Bertz CT molecular complexity index is 1170. The van der Waals surface area contributed by atoms with Crippen molar-refractivity contribution < 1.29 is 14.0 Å². The largest absolute Gasteiger partial charge is 0.356 e. The molecule has 0 spiro atoms. The molecule has 5 rings (SSSR count). The Morgan fingerprint density at radius 1 is 1.03 bits per heavy atom. The second-order valence-corrected chi connectivity index (χ2v) is 9.64. The Labute approximate surface area is 210 Å². The maximum atomic E-state index is 13.7. The molecule has 3 aromatic rings. The van der Waals surface area contributed by atoms with Crippen LogP contribution in [-0.4, -0.2) is 75.2 Å². The van der Waals surface area contributed by atoms with Gasteiger partial charge in [0.2, 0.25) is 5.91 Å². The number of benzene rings is 1. The summed E-state index contributed by atoms with van der Waals surface area (Å²) >= 11 is 0. The summed E-state index contributed by atoms with van der Waals surface area (Å²) in [5, 5.41) is 7.55. The molecule has 4 heterocycles. The van der Waals surface area contributed by atoms with Gasteiger partial charge in [-0.05, 0) is 88.1 Å². The lowest BCUT2D eigenvalue weighted by molar-refractivity contribution is -0.126. The molecular formula is C27H33FN6O2. The van der Waals surface area contributed by atoms with Crippen LogP contribution in [0.1, 0.15) is 42.5 Å². The molecule has 0 unspecified atom stereocenters. The highest BCUT2D eigenvalue weighted by molar-refractivity contribution is 5.97. The summed E-state index contributed by atoms with van der Waals surface area (Å²) < 4.78 is 17.0. The van der Waals surface area contributed by atoms with Gasteiger partial charge < -0.3 is 19.7 Å². The molecule has 1 N–H and O–H groups in total. The first kappa shape index (κ1) is 24.2. The molecule has 2 saturated heterocycles. The number of likely N-dealkylation sites (tertiary alicyclic amines) is 2. The number of carbonyl (C=O) groups is 2. The summed E-state index contributed by atoms with van der Waals surface area (Å²) in [6.07, 6.45) is 10.3. The number of nitrogens with one attached hydrogen (secondary N) is 1. The number of rotatable bonds is 8. The summed E-state index contributed by atoms with van der Waals surface area (Å²) in [7, 11) is 0. The van der Waals surface area contributed by atoms with Crippen molar-refractivity contribution in [1.29, 1.82) is 0 Å². The third-order valence-corrected chi connectivity index (χ3v) is 7.12. The minimum atomic E-state index is -0.335. The van der Waals surface area contributed by atoms with E-state index in [1.54, 1.807) is 27.9 Å². The van der Waals surface area contributed by atoms with E-state index < -0.39 is 0 Å². The van der Waals surface area contributed by atoms with Crippen molar-refractivity contribution in [2.45, 2.75) is 32.1 Å². The van der Waals surface area contributed by atoms with Crippen molar-refractivity contribution in [1.82, 2.24) is 29.5 Å². The average molecular weight is 493 g/mol. The van der Waals surface area contributed by atoms with Crippen molar-refractivity contribution in [3.05, 3.63) is 66.4 Å². The number of carbonyl (C=O) groups excluding carboxylic acids is 2. The normalized spacial score (nSPS) is 18.5. The van der Waals surface area contributed by atoms with E-state index in [2.05, 4.69) is 15.3 Å². The van der Waals surface area contributed by atoms with Crippen LogP contribution in [-0.2, 0) is 4.79 Å². The van der Waals surface area contributed by atoms with Gasteiger partial charge in [0.05, 0.1) is 17.8 Å². The number of hydrogen-bond acceptors (Lipinski definition) is 4. The molecule has 0 aliphatic carbocycles. The zero-order valence-electron chi connectivity index (χ0n) is 20.5. The molecular weight excluding hydrogens is 459 g/mol. The number of aromatic nitrogens is 3. The van der Waals surface area contributed by atoms with E-state index in [0.29, 0.717) is 36.7 Å². The fraction of sp³-hybridized carbons (Fsp3) is 0.444. The van der Waals surface area contributed by atoms with Crippen molar-refractivity contribution in [2.75, 3.05) is 39.3 Å². The lowest BCUT2D eigenvalue weighted by Crippen LogP contribution is -2.46. The molecule has 9 heteroatoms. The first-order valence-electron chi connectivity index (χ1n) is 12.9. The highest BCUT2D eigenvalue weighted by Gasteiger charge is 2.31. The van der Waals surface area contributed by atoms with Crippen molar-refractivity contribution >= 4 is 11.8 Å². The third kappa shape index (κ3) is 5.36. The Hall–Kier alpha value is -3.46. The van der Waals surface area contributed by atoms with Crippen molar-refractivity contribution in [3.8, 4) is 11.5 Å². The molecule has 36 heavy (non-hydrogen) atoms. The molecule has 1 atom stereocenters.